The molecule has 0 aliphatic rings. The summed E-state index contributed by atoms with van der Waals surface area (Å²) >= 11 is 0. The third kappa shape index (κ3) is 5.36. The number of benzene rings is 3. The average Bonchev–Trinajstić information content (AvgIpc) is 2.74. The fraction of sp³-hybridized carbons (Fsp3) is 0.0455. The van der Waals surface area contributed by atoms with Crippen LogP contribution in [0.25, 0.3) is 0 Å². The van der Waals surface area contributed by atoms with E-state index in [1.54, 1.807) is 66.7 Å². The minimum atomic E-state index is -1.36. The molecule has 0 aromatic heterocycles. The van der Waals surface area contributed by atoms with E-state index < -0.39 is 23.8 Å². The van der Waals surface area contributed by atoms with E-state index in [0.717, 1.165) is 0 Å². The number of aliphatic hydroxyl groups is 1. The Labute approximate surface area is 161 Å². The molecule has 0 aliphatic heterocycles. The lowest BCUT2D eigenvalue weighted by Crippen LogP contribution is -2.16. The molecule has 0 amide bonds. The zero-order valence-corrected chi connectivity index (χ0v) is 14.7. The number of aromatic carboxylic acids is 2. The predicted octanol–water partition coefficient (Wildman–Crippen LogP) is 3.69. The second-order valence-electron chi connectivity index (χ2n) is 5.70. The molecule has 0 radical (unpaired) electrons. The molecule has 3 N–H and O–H groups in total. The molecular weight excluding hydrogens is 360 g/mol. The summed E-state index contributed by atoms with van der Waals surface area (Å²) in [7, 11) is 0. The van der Waals surface area contributed by atoms with Gasteiger partial charge in [0.05, 0.1) is 11.1 Å². The fourth-order valence-electron chi connectivity index (χ4n) is 2.40. The highest BCUT2D eigenvalue weighted by Crippen LogP contribution is 2.20. The van der Waals surface area contributed by atoms with Gasteiger partial charge in [-0.1, -0.05) is 66.7 Å². The Kier molecular flexibility index (Phi) is 7.19. The smallest absolute Gasteiger partial charge is 0.336 e. The van der Waals surface area contributed by atoms with Gasteiger partial charge in [0.15, 0.2) is 5.78 Å². The standard InChI is InChI=1S/C15H12O4.C7H6O2/c16-13(10-6-2-1-3-7-10)14(17)11-8-4-5-9-12(11)15(18)19;8-7(9)6-4-2-1-3-5-6/h1-9,13,16H,(H,18,19);1-5H,(H,8,9). The van der Waals surface area contributed by atoms with E-state index in [0.29, 0.717) is 11.1 Å². The summed E-state index contributed by atoms with van der Waals surface area (Å²) in [4.78, 5) is 33.4. The van der Waals surface area contributed by atoms with Gasteiger partial charge in [0.1, 0.15) is 6.10 Å². The van der Waals surface area contributed by atoms with Crippen molar-refractivity contribution in [1.82, 2.24) is 0 Å². The first kappa shape index (κ1) is 20.5. The summed E-state index contributed by atoms with van der Waals surface area (Å²) < 4.78 is 0. The third-order valence-electron chi connectivity index (χ3n) is 3.81. The van der Waals surface area contributed by atoms with Crippen molar-refractivity contribution >= 4 is 17.7 Å². The largest absolute Gasteiger partial charge is 0.478 e. The number of Topliss-reactive ketones (excluding diaryl/α,β-unsaturated/α-hetero) is 1. The van der Waals surface area contributed by atoms with Gasteiger partial charge in [0.2, 0.25) is 0 Å². The quantitative estimate of drug-likeness (QED) is 0.584. The van der Waals surface area contributed by atoms with Gasteiger partial charge in [-0.05, 0) is 23.8 Å². The summed E-state index contributed by atoms with van der Waals surface area (Å²) in [6.07, 6.45) is -1.36. The number of carbonyl (C=O) groups excluding carboxylic acids is 1. The summed E-state index contributed by atoms with van der Waals surface area (Å²) in [5, 5.41) is 27.4. The monoisotopic (exact) mass is 378 g/mol. The van der Waals surface area contributed by atoms with Gasteiger partial charge in [-0.2, -0.15) is 0 Å². The molecule has 6 nitrogen and oxygen atoms in total. The number of rotatable bonds is 5. The molecule has 3 rings (SSSR count). The van der Waals surface area contributed by atoms with Crippen molar-refractivity contribution in [3.05, 3.63) is 107 Å². The van der Waals surface area contributed by atoms with Crippen LogP contribution in [0.4, 0.5) is 0 Å². The normalized spacial score (nSPS) is 10.9. The van der Waals surface area contributed by atoms with Crippen LogP contribution >= 0.6 is 0 Å². The number of aliphatic hydroxyl groups excluding tert-OH is 1. The van der Waals surface area contributed by atoms with Crippen molar-refractivity contribution in [2.45, 2.75) is 6.10 Å². The van der Waals surface area contributed by atoms with Crippen molar-refractivity contribution in [1.29, 1.82) is 0 Å². The van der Waals surface area contributed by atoms with Crippen LogP contribution in [0.2, 0.25) is 0 Å². The zero-order valence-electron chi connectivity index (χ0n) is 14.7. The molecule has 0 aliphatic carbocycles. The molecule has 142 valence electrons. The van der Waals surface area contributed by atoms with Crippen molar-refractivity contribution in [2.24, 2.45) is 0 Å². The van der Waals surface area contributed by atoms with E-state index in [9.17, 15) is 19.5 Å². The maximum Gasteiger partial charge on any atom is 0.336 e. The van der Waals surface area contributed by atoms with Crippen molar-refractivity contribution in [3.8, 4) is 0 Å². The van der Waals surface area contributed by atoms with Gasteiger partial charge in [-0.3, -0.25) is 4.79 Å². The first-order valence-corrected chi connectivity index (χ1v) is 8.29. The first-order chi connectivity index (χ1) is 13.4. The Morgan fingerprint density at radius 2 is 1.07 bits per heavy atom. The Bertz CT molecular complexity index is 951. The van der Waals surface area contributed by atoms with Gasteiger partial charge in [-0.25, -0.2) is 9.59 Å². The lowest BCUT2D eigenvalue weighted by atomic mass is 9.96. The molecule has 0 saturated heterocycles. The SMILES string of the molecule is O=C(O)c1ccccc1.O=C(O)c1ccccc1C(=O)C(O)c1ccccc1. The van der Waals surface area contributed by atoms with Crippen LogP contribution in [0.1, 0.15) is 42.7 Å². The highest BCUT2D eigenvalue weighted by atomic mass is 16.4. The highest BCUT2D eigenvalue weighted by Gasteiger charge is 2.23. The van der Waals surface area contributed by atoms with E-state index in [2.05, 4.69) is 0 Å². The van der Waals surface area contributed by atoms with Crippen molar-refractivity contribution < 1.29 is 29.7 Å². The Balaban J connectivity index is 0.000000261. The minimum Gasteiger partial charge on any atom is -0.478 e. The average molecular weight is 378 g/mol. The number of ketones is 1. The zero-order chi connectivity index (χ0) is 20.5. The molecule has 0 spiro atoms. The van der Waals surface area contributed by atoms with Gasteiger partial charge >= 0.3 is 11.9 Å². The topological polar surface area (TPSA) is 112 Å². The Morgan fingerprint density at radius 1 is 0.607 bits per heavy atom. The van der Waals surface area contributed by atoms with E-state index in [1.165, 1.54) is 18.2 Å². The molecule has 3 aromatic rings. The van der Waals surface area contributed by atoms with Crippen molar-refractivity contribution in [2.75, 3.05) is 0 Å². The number of hydrogen-bond acceptors (Lipinski definition) is 4. The van der Waals surface area contributed by atoms with Crippen LogP contribution in [0, 0.1) is 0 Å². The molecule has 28 heavy (non-hydrogen) atoms. The van der Waals surface area contributed by atoms with E-state index in [4.69, 9.17) is 10.2 Å². The minimum absolute atomic E-state index is 0.00588. The molecule has 6 heteroatoms. The lowest BCUT2D eigenvalue weighted by molar-refractivity contribution is 0.0674. The number of hydrogen-bond donors (Lipinski definition) is 3. The molecule has 0 bridgehead atoms. The summed E-state index contributed by atoms with van der Waals surface area (Å²) in [5.74, 6) is -2.69. The molecule has 0 saturated carbocycles. The third-order valence-corrected chi connectivity index (χ3v) is 3.81. The summed E-state index contributed by atoms with van der Waals surface area (Å²) in [6.45, 7) is 0. The highest BCUT2D eigenvalue weighted by molar-refractivity contribution is 6.07. The van der Waals surface area contributed by atoms with Crippen molar-refractivity contribution in [3.63, 3.8) is 0 Å². The second-order valence-corrected chi connectivity index (χ2v) is 5.70. The maximum atomic E-state index is 12.2. The van der Waals surface area contributed by atoms with Crippen LogP contribution in [0.3, 0.4) is 0 Å². The predicted molar refractivity (Wildman–Crippen MR) is 103 cm³/mol. The Morgan fingerprint density at radius 3 is 1.54 bits per heavy atom. The van der Waals surface area contributed by atoms with Crippen LogP contribution in [0.5, 0.6) is 0 Å². The molecule has 1 atom stereocenters. The van der Waals surface area contributed by atoms with Gasteiger partial charge < -0.3 is 15.3 Å². The van der Waals surface area contributed by atoms with E-state index >= 15 is 0 Å². The number of carboxylic acids is 2. The first-order valence-electron chi connectivity index (χ1n) is 8.29. The molecule has 3 aromatic carbocycles. The Hall–Kier alpha value is -3.77. The second kappa shape index (κ2) is 9.80. The van der Waals surface area contributed by atoms with Gasteiger partial charge in [0.25, 0.3) is 0 Å². The van der Waals surface area contributed by atoms with Gasteiger partial charge in [0, 0.05) is 5.56 Å². The summed E-state index contributed by atoms with van der Waals surface area (Å²) in [5.41, 5.74) is 0.666. The molecule has 0 fully saturated rings. The van der Waals surface area contributed by atoms with Crippen LogP contribution < -0.4 is 0 Å². The molecule has 0 heterocycles. The summed E-state index contributed by atoms with van der Waals surface area (Å²) in [6, 6.07) is 22.6. The van der Waals surface area contributed by atoms with Crippen LogP contribution in [-0.2, 0) is 0 Å². The van der Waals surface area contributed by atoms with E-state index in [-0.39, 0.29) is 11.1 Å². The molecule has 1 unspecified atom stereocenters. The maximum absolute atomic E-state index is 12.2. The number of carboxylic acid groups (broad SMARTS) is 2. The van der Waals surface area contributed by atoms with Gasteiger partial charge in [-0.15, -0.1) is 0 Å². The lowest BCUT2D eigenvalue weighted by Gasteiger charge is -2.11. The molecular formula is C22H18O6. The van der Waals surface area contributed by atoms with Crippen LogP contribution in [0.15, 0.2) is 84.9 Å². The van der Waals surface area contributed by atoms with E-state index in [1.807, 2.05) is 0 Å². The van der Waals surface area contributed by atoms with Crippen LogP contribution in [-0.4, -0.2) is 33.0 Å². The number of carbonyl (C=O) groups is 3. The fourth-order valence-corrected chi connectivity index (χ4v) is 2.40.